The lowest BCUT2D eigenvalue weighted by molar-refractivity contribution is -0.137. The number of hydroxylamine groups is 1. The predicted molar refractivity (Wildman–Crippen MR) is 86.5 cm³/mol. The second-order valence-electron chi connectivity index (χ2n) is 6.59. The normalized spacial score (nSPS) is 18.4. The molecule has 0 radical (unpaired) electrons. The Kier molecular flexibility index (Phi) is 3.99. The molecule has 25 heavy (non-hydrogen) atoms. The molecule has 0 aliphatic carbocycles. The van der Waals surface area contributed by atoms with Gasteiger partial charge in [-0.05, 0) is 29.3 Å². The standard InChI is InChI=1S/C18H17F3N2O2/c1-17(2)13-5-3-4-12(16(24)23-25)14(13)22-15(17)10-6-8-11(9-7-10)18(19,20)21/h3-9,15,22,25H,1-2H3,(H,23,24). The van der Waals surface area contributed by atoms with Gasteiger partial charge in [-0.15, -0.1) is 0 Å². The van der Waals surface area contributed by atoms with E-state index in [4.69, 9.17) is 5.21 Å². The van der Waals surface area contributed by atoms with Crippen LogP contribution in [0.5, 0.6) is 0 Å². The summed E-state index contributed by atoms with van der Waals surface area (Å²) in [5.74, 6) is -0.645. The van der Waals surface area contributed by atoms with Gasteiger partial charge >= 0.3 is 6.18 Å². The number of hydrogen-bond acceptors (Lipinski definition) is 3. The lowest BCUT2D eigenvalue weighted by Gasteiger charge is -2.28. The monoisotopic (exact) mass is 350 g/mol. The highest BCUT2D eigenvalue weighted by Gasteiger charge is 2.42. The largest absolute Gasteiger partial charge is 0.416 e. The molecule has 0 fully saturated rings. The van der Waals surface area contributed by atoms with Crippen LogP contribution in [0.3, 0.4) is 0 Å². The van der Waals surface area contributed by atoms with E-state index in [1.54, 1.807) is 17.6 Å². The number of fused-ring (bicyclic) bond motifs is 1. The summed E-state index contributed by atoms with van der Waals surface area (Å²) in [6.45, 7) is 3.91. The lowest BCUT2D eigenvalue weighted by Crippen LogP contribution is -2.25. The first-order chi connectivity index (χ1) is 11.7. The zero-order chi connectivity index (χ0) is 18.4. The van der Waals surface area contributed by atoms with Gasteiger partial charge < -0.3 is 5.32 Å². The number of anilines is 1. The van der Waals surface area contributed by atoms with Crippen molar-refractivity contribution in [2.24, 2.45) is 0 Å². The fourth-order valence-electron chi connectivity index (χ4n) is 3.34. The van der Waals surface area contributed by atoms with E-state index in [2.05, 4.69) is 5.32 Å². The van der Waals surface area contributed by atoms with Crippen molar-refractivity contribution in [2.75, 3.05) is 5.32 Å². The fourth-order valence-corrected chi connectivity index (χ4v) is 3.34. The fraction of sp³-hybridized carbons (Fsp3) is 0.278. The van der Waals surface area contributed by atoms with Crippen LogP contribution in [-0.2, 0) is 11.6 Å². The van der Waals surface area contributed by atoms with E-state index in [9.17, 15) is 18.0 Å². The molecule has 1 heterocycles. The summed E-state index contributed by atoms with van der Waals surface area (Å²) >= 11 is 0. The molecule has 1 aliphatic rings. The van der Waals surface area contributed by atoms with E-state index in [-0.39, 0.29) is 11.6 Å². The van der Waals surface area contributed by atoms with Crippen molar-refractivity contribution in [2.45, 2.75) is 31.5 Å². The minimum Gasteiger partial charge on any atom is -0.376 e. The molecule has 2 aromatic carbocycles. The number of halogens is 3. The summed E-state index contributed by atoms with van der Waals surface area (Å²) in [5, 5.41) is 12.1. The topological polar surface area (TPSA) is 61.4 Å². The average Bonchev–Trinajstić information content (AvgIpc) is 2.85. The van der Waals surface area contributed by atoms with Gasteiger partial charge in [0.25, 0.3) is 5.91 Å². The van der Waals surface area contributed by atoms with Crippen molar-refractivity contribution in [1.29, 1.82) is 0 Å². The van der Waals surface area contributed by atoms with Crippen molar-refractivity contribution >= 4 is 11.6 Å². The van der Waals surface area contributed by atoms with Crippen LogP contribution < -0.4 is 10.8 Å². The molecule has 1 atom stereocenters. The van der Waals surface area contributed by atoms with E-state index in [0.717, 1.165) is 17.7 Å². The van der Waals surface area contributed by atoms with Crippen molar-refractivity contribution in [3.05, 3.63) is 64.7 Å². The first kappa shape index (κ1) is 17.3. The summed E-state index contributed by atoms with van der Waals surface area (Å²) in [4.78, 5) is 11.9. The van der Waals surface area contributed by atoms with Gasteiger partial charge in [0, 0.05) is 5.41 Å². The number of carbonyl (C=O) groups excluding carboxylic acids is 1. The summed E-state index contributed by atoms with van der Waals surface area (Å²) in [7, 11) is 0. The molecule has 4 nitrogen and oxygen atoms in total. The molecule has 1 aliphatic heterocycles. The second kappa shape index (κ2) is 5.77. The zero-order valence-corrected chi connectivity index (χ0v) is 13.6. The van der Waals surface area contributed by atoms with Gasteiger partial charge in [-0.3, -0.25) is 10.0 Å². The Morgan fingerprint density at radius 3 is 2.36 bits per heavy atom. The molecule has 1 amide bonds. The smallest absolute Gasteiger partial charge is 0.376 e. The minimum atomic E-state index is -4.38. The summed E-state index contributed by atoms with van der Waals surface area (Å²) in [5.41, 5.74) is 2.85. The Hall–Kier alpha value is -2.54. The summed E-state index contributed by atoms with van der Waals surface area (Å²) < 4.78 is 38.3. The molecule has 3 N–H and O–H groups in total. The molecule has 0 aromatic heterocycles. The second-order valence-corrected chi connectivity index (χ2v) is 6.59. The van der Waals surface area contributed by atoms with Gasteiger partial charge in [-0.2, -0.15) is 13.2 Å². The number of amides is 1. The van der Waals surface area contributed by atoms with Crippen molar-refractivity contribution in [3.8, 4) is 0 Å². The third-order valence-corrected chi connectivity index (χ3v) is 4.69. The lowest BCUT2D eigenvalue weighted by atomic mass is 9.77. The maximum absolute atomic E-state index is 12.8. The van der Waals surface area contributed by atoms with Gasteiger partial charge in [0.15, 0.2) is 0 Å². The van der Waals surface area contributed by atoms with E-state index in [1.807, 2.05) is 19.9 Å². The molecule has 132 valence electrons. The first-order valence-corrected chi connectivity index (χ1v) is 7.68. The molecule has 1 unspecified atom stereocenters. The van der Waals surface area contributed by atoms with Gasteiger partial charge in [-0.25, -0.2) is 5.48 Å². The van der Waals surface area contributed by atoms with Crippen LogP contribution in [0.25, 0.3) is 0 Å². The van der Waals surface area contributed by atoms with Gasteiger partial charge in [0.2, 0.25) is 0 Å². The summed E-state index contributed by atoms with van der Waals surface area (Å²) in [6.07, 6.45) is -4.38. The molecule has 0 spiro atoms. The third kappa shape index (κ3) is 2.84. The number of carbonyl (C=O) groups is 1. The van der Waals surface area contributed by atoms with E-state index < -0.39 is 23.1 Å². The Labute approximate surface area is 142 Å². The number of alkyl halides is 3. The average molecular weight is 350 g/mol. The predicted octanol–water partition coefficient (Wildman–Crippen LogP) is 4.27. The van der Waals surface area contributed by atoms with Crippen LogP contribution in [0.2, 0.25) is 0 Å². The SMILES string of the molecule is CC1(C)c2cccc(C(=O)NO)c2NC1c1ccc(C(F)(F)F)cc1. The first-order valence-electron chi connectivity index (χ1n) is 7.68. The molecule has 7 heteroatoms. The van der Waals surface area contributed by atoms with Crippen LogP contribution in [0.15, 0.2) is 42.5 Å². The van der Waals surface area contributed by atoms with E-state index in [1.165, 1.54) is 12.1 Å². The molecule has 2 aromatic rings. The molecule has 3 rings (SSSR count). The Morgan fingerprint density at radius 2 is 1.80 bits per heavy atom. The highest BCUT2D eigenvalue weighted by Crippen LogP contribution is 2.49. The van der Waals surface area contributed by atoms with Crippen molar-refractivity contribution < 1.29 is 23.2 Å². The minimum absolute atomic E-state index is 0.280. The molecular formula is C18H17F3N2O2. The Bertz CT molecular complexity index is 814. The van der Waals surface area contributed by atoms with Gasteiger partial charge in [0.05, 0.1) is 22.9 Å². The quantitative estimate of drug-likeness (QED) is 0.560. The van der Waals surface area contributed by atoms with Crippen LogP contribution in [0.4, 0.5) is 18.9 Å². The Morgan fingerprint density at radius 1 is 1.16 bits per heavy atom. The third-order valence-electron chi connectivity index (χ3n) is 4.69. The number of rotatable bonds is 2. The molecular weight excluding hydrogens is 333 g/mol. The number of benzene rings is 2. The molecule has 0 bridgehead atoms. The van der Waals surface area contributed by atoms with Crippen molar-refractivity contribution in [3.63, 3.8) is 0 Å². The van der Waals surface area contributed by atoms with Crippen LogP contribution >= 0.6 is 0 Å². The molecule has 0 saturated heterocycles. The van der Waals surface area contributed by atoms with Crippen LogP contribution in [0.1, 0.15) is 46.9 Å². The van der Waals surface area contributed by atoms with E-state index >= 15 is 0 Å². The maximum Gasteiger partial charge on any atom is 0.416 e. The molecule has 0 saturated carbocycles. The van der Waals surface area contributed by atoms with Gasteiger partial charge in [0.1, 0.15) is 0 Å². The number of hydrogen-bond donors (Lipinski definition) is 3. The van der Waals surface area contributed by atoms with Gasteiger partial charge in [-0.1, -0.05) is 38.1 Å². The van der Waals surface area contributed by atoms with Crippen molar-refractivity contribution in [1.82, 2.24) is 5.48 Å². The van der Waals surface area contributed by atoms with E-state index in [0.29, 0.717) is 11.3 Å². The number of nitrogens with one attached hydrogen (secondary N) is 2. The van der Waals surface area contributed by atoms with Crippen LogP contribution in [-0.4, -0.2) is 11.1 Å². The highest BCUT2D eigenvalue weighted by molar-refractivity contribution is 6.00. The number of para-hydroxylation sites is 1. The zero-order valence-electron chi connectivity index (χ0n) is 13.6. The Balaban J connectivity index is 2.01. The summed E-state index contributed by atoms with van der Waals surface area (Å²) in [6, 6.07) is 9.83. The maximum atomic E-state index is 12.8. The van der Waals surface area contributed by atoms with Crippen LogP contribution in [0, 0.1) is 0 Å². The highest BCUT2D eigenvalue weighted by atomic mass is 19.4.